The third-order valence-corrected chi connectivity index (χ3v) is 4.60. The molecule has 0 spiro atoms. The highest BCUT2D eigenvalue weighted by molar-refractivity contribution is 7.99. The molecule has 0 N–H and O–H groups in total. The van der Waals surface area contributed by atoms with E-state index < -0.39 is 0 Å². The van der Waals surface area contributed by atoms with E-state index in [2.05, 4.69) is 18.0 Å². The van der Waals surface area contributed by atoms with Gasteiger partial charge in [-0.1, -0.05) is 6.07 Å². The van der Waals surface area contributed by atoms with Gasteiger partial charge in [0.15, 0.2) is 5.88 Å². The zero-order valence-electron chi connectivity index (χ0n) is 10.6. The number of rotatable bonds is 3. The van der Waals surface area contributed by atoms with Gasteiger partial charge in [0.2, 0.25) is 0 Å². The molecule has 2 aromatic rings. The maximum Gasteiger partial charge on any atom is 0.198 e. The number of aromatic nitrogens is 2. The summed E-state index contributed by atoms with van der Waals surface area (Å²) in [5.41, 5.74) is 2.17. The highest BCUT2D eigenvalue weighted by atomic mass is 32.2. The van der Waals surface area contributed by atoms with Gasteiger partial charge in [0.1, 0.15) is 5.65 Å². The molecule has 0 unspecified atom stereocenters. The Balaban J connectivity index is 1.84. The maximum atomic E-state index is 5.35. The Kier molecular flexibility index (Phi) is 3.46. The molecule has 0 aliphatic carbocycles. The van der Waals surface area contributed by atoms with Crippen molar-refractivity contribution in [3.8, 4) is 5.88 Å². The van der Waals surface area contributed by atoms with Crippen molar-refractivity contribution in [3.05, 3.63) is 30.1 Å². The van der Waals surface area contributed by atoms with Crippen LogP contribution in [0.4, 0.5) is 0 Å². The topological polar surface area (TPSA) is 26.5 Å². The van der Waals surface area contributed by atoms with Gasteiger partial charge in [-0.15, -0.1) is 0 Å². The van der Waals surface area contributed by atoms with Crippen molar-refractivity contribution >= 4 is 17.4 Å². The standard InChI is InChI=1S/C14H18N2OS/c1-17-14-4-2-3-13-15-12(10-16(13)14)9-11-5-7-18-8-6-11/h2-4,10-11H,5-9H2,1H3. The van der Waals surface area contributed by atoms with Crippen LogP contribution in [0.1, 0.15) is 18.5 Å². The molecule has 3 heterocycles. The molecule has 0 bridgehead atoms. The molecule has 1 aliphatic rings. The summed E-state index contributed by atoms with van der Waals surface area (Å²) in [6, 6.07) is 5.99. The zero-order chi connectivity index (χ0) is 12.4. The van der Waals surface area contributed by atoms with Gasteiger partial charge in [-0.3, -0.25) is 4.40 Å². The number of hydrogen-bond donors (Lipinski definition) is 0. The van der Waals surface area contributed by atoms with Crippen LogP contribution in [0, 0.1) is 5.92 Å². The molecule has 4 heteroatoms. The fourth-order valence-electron chi connectivity index (χ4n) is 2.55. The summed E-state index contributed by atoms with van der Waals surface area (Å²) in [6.45, 7) is 0. The molecule has 0 atom stereocenters. The molecule has 3 nitrogen and oxygen atoms in total. The number of fused-ring (bicyclic) bond motifs is 1. The number of pyridine rings is 1. The number of imidazole rings is 1. The molecule has 1 aliphatic heterocycles. The number of ether oxygens (including phenoxy) is 1. The summed E-state index contributed by atoms with van der Waals surface area (Å²) >= 11 is 2.07. The smallest absolute Gasteiger partial charge is 0.198 e. The molecular weight excluding hydrogens is 244 g/mol. The van der Waals surface area contributed by atoms with Gasteiger partial charge in [-0.25, -0.2) is 4.98 Å². The van der Waals surface area contributed by atoms with E-state index in [0.29, 0.717) is 0 Å². The first kappa shape index (κ1) is 11.9. The van der Waals surface area contributed by atoms with Gasteiger partial charge in [-0.2, -0.15) is 11.8 Å². The van der Waals surface area contributed by atoms with Crippen LogP contribution in [-0.4, -0.2) is 28.0 Å². The Morgan fingerprint density at radius 3 is 3.00 bits per heavy atom. The summed E-state index contributed by atoms with van der Waals surface area (Å²) in [5, 5.41) is 0. The van der Waals surface area contributed by atoms with E-state index in [1.807, 2.05) is 22.6 Å². The minimum Gasteiger partial charge on any atom is -0.482 e. The van der Waals surface area contributed by atoms with Crippen LogP contribution < -0.4 is 4.74 Å². The van der Waals surface area contributed by atoms with Gasteiger partial charge >= 0.3 is 0 Å². The largest absolute Gasteiger partial charge is 0.482 e. The first-order valence-corrected chi connectivity index (χ1v) is 7.61. The van der Waals surface area contributed by atoms with Crippen molar-refractivity contribution in [2.24, 2.45) is 5.92 Å². The Bertz CT molecular complexity index is 532. The van der Waals surface area contributed by atoms with Crippen LogP contribution in [0.5, 0.6) is 5.88 Å². The molecular formula is C14H18N2OS. The van der Waals surface area contributed by atoms with Crippen molar-refractivity contribution in [2.75, 3.05) is 18.6 Å². The average Bonchev–Trinajstić information content (AvgIpc) is 2.82. The van der Waals surface area contributed by atoms with Crippen molar-refractivity contribution in [3.63, 3.8) is 0 Å². The van der Waals surface area contributed by atoms with Gasteiger partial charge < -0.3 is 4.74 Å². The minimum atomic E-state index is 0.808. The van der Waals surface area contributed by atoms with Crippen molar-refractivity contribution in [1.82, 2.24) is 9.38 Å². The maximum absolute atomic E-state index is 5.35. The second-order valence-electron chi connectivity index (χ2n) is 4.79. The van der Waals surface area contributed by atoms with Gasteiger partial charge in [0, 0.05) is 6.20 Å². The SMILES string of the molecule is COc1cccc2nc(CC3CCSCC3)cn12. The summed E-state index contributed by atoms with van der Waals surface area (Å²) in [7, 11) is 1.70. The van der Waals surface area contributed by atoms with Gasteiger partial charge in [0.25, 0.3) is 0 Å². The molecule has 0 saturated carbocycles. The third-order valence-electron chi connectivity index (χ3n) is 3.55. The van der Waals surface area contributed by atoms with E-state index in [1.165, 1.54) is 30.0 Å². The monoisotopic (exact) mass is 262 g/mol. The van der Waals surface area contributed by atoms with Gasteiger partial charge in [-0.05, 0) is 48.8 Å². The fourth-order valence-corrected chi connectivity index (χ4v) is 3.75. The summed E-state index contributed by atoms with van der Waals surface area (Å²) < 4.78 is 7.39. The fraction of sp³-hybridized carbons (Fsp3) is 0.500. The van der Waals surface area contributed by atoms with Crippen molar-refractivity contribution < 1.29 is 4.74 Å². The molecule has 2 aromatic heterocycles. The lowest BCUT2D eigenvalue weighted by molar-refractivity contribution is 0.392. The van der Waals surface area contributed by atoms with Crippen LogP contribution in [-0.2, 0) is 6.42 Å². The zero-order valence-corrected chi connectivity index (χ0v) is 11.4. The Morgan fingerprint density at radius 1 is 1.39 bits per heavy atom. The van der Waals surface area contributed by atoms with E-state index in [1.54, 1.807) is 7.11 Å². The number of thioether (sulfide) groups is 1. The Hall–Kier alpha value is -1.16. The predicted molar refractivity (Wildman–Crippen MR) is 75.5 cm³/mol. The second kappa shape index (κ2) is 5.22. The van der Waals surface area contributed by atoms with Crippen LogP contribution in [0.15, 0.2) is 24.4 Å². The van der Waals surface area contributed by atoms with Crippen LogP contribution in [0.2, 0.25) is 0 Å². The number of methoxy groups -OCH3 is 1. The molecule has 18 heavy (non-hydrogen) atoms. The minimum absolute atomic E-state index is 0.808. The second-order valence-corrected chi connectivity index (χ2v) is 6.01. The molecule has 0 aromatic carbocycles. The predicted octanol–water partition coefficient (Wildman–Crippen LogP) is 3.03. The summed E-state index contributed by atoms with van der Waals surface area (Å²) in [4.78, 5) is 4.69. The lowest BCUT2D eigenvalue weighted by atomic mass is 9.97. The quantitative estimate of drug-likeness (QED) is 0.850. The lowest BCUT2D eigenvalue weighted by Gasteiger charge is -2.19. The highest BCUT2D eigenvalue weighted by Gasteiger charge is 2.16. The summed E-state index contributed by atoms with van der Waals surface area (Å²) in [6.07, 6.45) is 5.88. The molecule has 1 saturated heterocycles. The lowest BCUT2D eigenvalue weighted by Crippen LogP contribution is -2.12. The van der Waals surface area contributed by atoms with Crippen molar-refractivity contribution in [2.45, 2.75) is 19.3 Å². The molecule has 3 rings (SSSR count). The van der Waals surface area contributed by atoms with Crippen molar-refractivity contribution in [1.29, 1.82) is 0 Å². The highest BCUT2D eigenvalue weighted by Crippen LogP contribution is 2.26. The van der Waals surface area contributed by atoms with E-state index >= 15 is 0 Å². The molecule has 0 amide bonds. The average molecular weight is 262 g/mol. The number of nitrogens with zero attached hydrogens (tertiary/aromatic N) is 2. The molecule has 1 fully saturated rings. The molecule has 96 valence electrons. The third kappa shape index (κ3) is 2.34. The van der Waals surface area contributed by atoms with E-state index in [4.69, 9.17) is 9.72 Å². The van der Waals surface area contributed by atoms with Gasteiger partial charge in [0.05, 0.1) is 12.8 Å². The molecule has 0 radical (unpaired) electrons. The van der Waals surface area contributed by atoms with Crippen LogP contribution in [0.3, 0.4) is 0 Å². The van der Waals surface area contributed by atoms with Crippen LogP contribution >= 0.6 is 11.8 Å². The first-order valence-electron chi connectivity index (χ1n) is 6.45. The number of hydrogen-bond acceptors (Lipinski definition) is 3. The first-order chi connectivity index (χ1) is 8.86. The van der Waals surface area contributed by atoms with E-state index in [0.717, 1.165) is 23.9 Å². The Morgan fingerprint density at radius 2 is 2.22 bits per heavy atom. The van der Waals surface area contributed by atoms with E-state index in [-0.39, 0.29) is 0 Å². The Labute approximate surface area is 112 Å². The summed E-state index contributed by atoms with van der Waals surface area (Å²) in [5.74, 6) is 4.27. The normalized spacial score (nSPS) is 17.2. The van der Waals surface area contributed by atoms with Crippen LogP contribution in [0.25, 0.3) is 5.65 Å². The van der Waals surface area contributed by atoms with E-state index in [9.17, 15) is 0 Å².